The molecule has 0 spiro atoms. The summed E-state index contributed by atoms with van der Waals surface area (Å²) in [6.45, 7) is 0.0786. The monoisotopic (exact) mass is 461 g/mol. The summed E-state index contributed by atoms with van der Waals surface area (Å²) in [7, 11) is 0. The zero-order valence-corrected chi connectivity index (χ0v) is 17.9. The maximum atomic E-state index is 13.5. The van der Waals surface area contributed by atoms with Gasteiger partial charge in [0.25, 0.3) is 5.91 Å². The molecule has 0 radical (unpaired) electrons. The Labute approximate surface area is 193 Å². The molecule has 1 unspecified atom stereocenters. The van der Waals surface area contributed by atoms with E-state index in [9.17, 15) is 19.1 Å². The number of aliphatic hydroxyl groups is 1. The van der Waals surface area contributed by atoms with Gasteiger partial charge < -0.3 is 14.4 Å². The molecule has 2 heterocycles. The molecule has 1 aliphatic heterocycles. The van der Waals surface area contributed by atoms with E-state index < -0.39 is 29.3 Å². The lowest BCUT2D eigenvalue weighted by molar-refractivity contribution is -0.130. The number of rotatable bonds is 5. The molecule has 33 heavy (non-hydrogen) atoms. The van der Waals surface area contributed by atoms with Gasteiger partial charge in [0.05, 0.1) is 11.6 Å². The Balaban J connectivity index is 1.58. The lowest BCUT2D eigenvalue weighted by Gasteiger charge is -2.26. The van der Waals surface area contributed by atoms with Crippen molar-refractivity contribution < 1.29 is 23.5 Å². The van der Waals surface area contributed by atoms with Gasteiger partial charge in [-0.25, -0.2) is 4.39 Å². The number of halogens is 2. The minimum atomic E-state index is -0.840. The maximum absolute atomic E-state index is 13.5. The predicted octanol–water partition coefficient (Wildman–Crippen LogP) is 6.00. The molecule has 3 aromatic carbocycles. The molecule has 1 aliphatic rings. The third-order valence-corrected chi connectivity index (χ3v) is 5.87. The summed E-state index contributed by atoms with van der Waals surface area (Å²) in [6.07, 6.45) is 0. The van der Waals surface area contributed by atoms with Gasteiger partial charge in [-0.1, -0.05) is 54.1 Å². The molecule has 0 fully saturated rings. The summed E-state index contributed by atoms with van der Waals surface area (Å²) < 4.78 is 19.1. The van der Waals surface area contributed by atoms with Crippen LogP contribution < -0.4 is 0 Å². The minimum Gasteiger partial charge on any atom is -0.503 e. The SMILES string of the molecule is O=C(C1=C(O)C(=O)N(Cc2ccc(F)cc2)C1c1ccccc1)c1cc2cc(Cl)ccc2o1. The zero-order valence-electron chi connectivity index (χ0n) is 17.2. The third-order valence-electron chi connectivity index (χ3n) is 5.63. The van der Waals surface area contributed by atoms with E-state index in [0.29, 0.717) is 27.1 Å². The van der Waals surface area contributed by atoms with E-state index in [2.05, 4.69) is 0 Å². The number of benzene rings is 3. The van der Waals surface area contributed by atoms with Gasteiger partial charge in [-0.15, -0.1) is 0 Å². The summed E-state index contributed by atoms with van der Waals surface area (Å²) in [5, 5.41) is 11.9. The van der Waals surface area contributed by atoms with Crippen LogP contribution in [0.4, 0.5) is 4.39 Å². The first-order valence-corrected chi connectivity index (χ1v) is 10.6. The van der Waals surface area contributed by atoms with Gasteiger partial charge in [0, 0.05) is 17.0 Å². The number of furan rings is 1. The molecule has 1 amide bonds. The number of aliphatic hydroxyl groups excluding tert-OH is 1. The number of nitrogens with zero attached hydrogens (tertiary/aromatic N) is 1. The van der Waals surface area contributed by atoms with E-state index in [1.54, 1.807) is 60.7 Å². The second-order valence-corrected chi connectivity index (χ2v) is 8.19. The van der Waals surface area contributed by atoms with Crippen molar-refractivity contribution in [2.45, 2.75) is 12.6 Å². The molecular formula is C26H17ClFNO4. The van der Waals surface area contributed by atoms with Gasteiger partial charge in [0.2, 0.25) is 5.78 Å². The Bertz CT molecular complexity index is 1410. The quantitative estimate of drug-likeness (QED) is 0.370. The molecule has 164 valence electrons. The van der Waals surface area contributed by atoms with Crippen molar-refractivity contribution in [2.75, 3.05) is 0 Å². The highest BCUT2D eigenvalue weighted by atomic mass is 35.5. The smallest absolute Gasteiger partial charge is 0.290 e. The Hall–Kier alpha value is -3.90. The van der Waals surface area contributed by atoms with Crippen molar-refractivity contribution in [1.29, 1.82) is 0 Å². The van der Waals surface area contributed by atoms with Crippen LogP contribution in [0.25, 0.3) is 11.0 Å². The Morgan fingerprint density at radius 1 is 1.03 bits per heavy atom. The van der Waals surface area contributed by atoms with Gasteiger partial charge in [-0.3, -0.25) is 9.59 Å². The van der Waals surface area contributed by atoms with E-state index >= 15 is 0 Å². The van der Waals surface area contributed by atoms with Crippen LogP contribution in [-0.2, 0) is 11.3 Å². The molecule has 0 saturated heterocycles. The Kier molecular flexibility index (Phi) is 5.23. The molecule has 0 aliphatic carbocycles. The summed E-state index contributed by atoms with van der Waals surface area (Å²) in [5.41, 5.74) is 1.70. The standard InChI is InChI=1S/C26H17ClFNO4/c27-18-8-11-20-17(12-18)13-21(33-20)24(30)22-23(16-4-2-1-3-5-16)29(26(32)25(22)31)14-15-6-9-19(28)10-7-15/h1-13,23,31H,14H2. The van der Waals surface area contributed by atoms with E-state index in [0.717, 1.165) is 0 Å². The van der Waals surface area contributed by atoms with Crippen LogP contribution >= 0.6 is 11.6 Å². The highest BCUT2D eigenvalue weighted by Crippen LogP contribution is 2.40. The molecule has 5 rings (SSSR count). The lowest BCUT2D eigenvalue weighted by Crippen LogP contribution is -2.30. The van der Waals surface area contributed by atoms with Crippen molar-refractivity contribution >= 4 is 34.3 Å². The number of amides is 1. The van der Waals surface area contributed by atoms with Crippen LogP contribution in [0.2, 0.25) is 5.02 Å². The fraction of sp³-hybridized carbons (Fsp3) is 0.0769. The molecule has 1 aromatic heterocycles. The largest absolute Gasteiger partial charge is 0.503 e. The molecule has 1 atom stereocenters. The van der Waals surface area contributed by atoms with Gasteiger partial charge >= 0.3 is 0 Å². The fourth-order valence-corrected chi connectivity index (χ4v) is 4.26. The van der Waals surface area contributed by atoms with E-state index in [-0.39, 0.29) is 17.9 Å². The maximum Gasteiger partial charge on any atom is 0.290 e. The molecule has 4 aromatic rings. The molecular weight excluding hydrogens is 445 g/mol. The molecule has 0 saturated carbocycles. The van der Waals surface area contributed by atoms with Gasteiger partial charge in [0.15, 0.2) is 11.5 Å². The number of ketones is 1. The number of carbonyl (C=O) groups is 2. The topological polar surface area (TPSA) is 70.8 Å². The fourth-order valence-electron chi connectivity index (χ4n) is 4.08. The lowest BCUT2D eigenvalue weighted by atomic mass is 9.95. The molecule has 5 nitrogen and oxygen atoms in total. The van der Waals surface area contributed by atoms with Gasteiger partial charge in [-0.05, 0) is 47.5 Å². The van der Waals surface area contributed by atoms with Crippen molar-refractivity contribution in [3.8, 4) is 0 Å². The first-order chi connectivity index (χ1) is 15.9. The van der Waals surface area contributed by atoms with Crippen molar-refractivity contribution in [1.82, 2.24) is 4.90 Å². The normalized spacial score (nSPS) is 16.1. The van der Waals surface area contributed by atoms with Crippen LogP contribution in [0.1, 0.15) is 27.7 Å². The Morgan fingerprint density at radius 2 is 1.76 bits per heavy atom. The van der Waals surface area contributed by atoms with Crippen LogP contribution in [-0.4, -0.2) is 21.7 Å². The van der Waals surface area contributed by atoms with Gasteiger partial charge in [0.1, 0.15) is 11.4 Å². The van der Waals surface area contributed by atoms with Crippen LogP contribution in [0.5, 0.6) is 0 Å². The second-order valence-electron chi connectivity index (χ2n) is 7.76. The van der Waals surface area contributed by atoms with Crippen LogP contribution in [0.15, 0.2) is 94.6 Å². The minimum absolute atomic E-state index is 0.00817. The van der Waals surface area contributed by atoms with E-state index in [1.807, 2.05) is 6.07 Å². The van der Waals surface area contributed by atoms with E-state index in [4.69, 9.17) is 16.0 Å². The highest BCUT2D eigenvalue weighted by Gasteiger charge is 2.44. The highest BCUT2D eigenvalue weighted by molar-refractivity contribution is 6.31. The van der Waals surface area contributed by atoms with Crippen molar-refractivity contribution in [3.05, 3.63) is 118 Å². The number of carbonyl (C=O) groups excluding carboxylic acids is 2. The molecule has 0 bridgehead atoms. The number of Topliss-reactive ketones (excluding diaryl/α,β-unsaturated/α-hetero) is 1. The first-order valence-electron chi connectivity index (χ1n) is 10.2. The van der Waals surface area contributed by atoms with Crippen LogP contribution in [0.3, 0.4) is 0 Å². The van der Waals surface area contributed by atoms with Gasteiger partial charge in [-0.2, -0.15) is 0 Å². The number of hydrogen-bond acceptors (Lipinski definition) is 4. The van der Waals surface area contributed by atoms with Crippen molar-refractivity contribution in [3.63, 3.8) is 0 Å². The first kappa shape index (κ1) is 21.0. The number of hydrogen-bond donors (Lipinski definition) is 1. The molecule has 7 heteroatoms. The van der Waals surface area contributed by atoms with Crippen LogP contribution in [0, 0.1) is 5.82 Å². The predicted molar refractivity (Wildman–Crippen MR) is 121 cm³/mol. The summed E-state index contributed by atoms with van der Waals surface area (Å²) in [5.74, 6) is -2.31. The summed E-state index contributed by atoms with van der Waals surface area (Å²) in [6, 6.07) is 20.3. The van der Waals surface area contributed by atoms with Crippen molar-refractivity contribution in [2.24, 2.45) is 0 Å². The third kappa shape index (κ3) is 3.79. The molecule has 1 N–H and O–H groups in total. The van der Waals surface area contributed by atoms with E-state index in [1.165, 1.54) is 17.0 Å². The summed E-state index contributed by atoms with van der Waals surface area (Å²) >= 11 is 6.04. The zero-order chi connectivity index (χ0) is 23.1. The second kappa shape index (κ2) is 8.22. The summed E-state index contributed by atoms with van der Waals surface area (Å²) in [4.78, 5) is 28.0. The average molecular weight is 462 g/mol. The Morgan fingerprint density at radius 3 is 2.48 bits per heavy atom. The average Bonchev–Trinajstić information content (AvgIpc) is 3.35. The number of fused-ring (bicyclic) bond motifs is 1.